The second-order valence-electron chi connectivity index (χ2n) is 5.41. The van der Waals surface area contributed by atoms with E-state index in [2.05, 4.69) is 37.5 Å². The maximum atomic E-state index is 12.2. The average molecular weight is 408 g/mol. The minimum atomic E-state index is -0.352. The Morgan fingerprint density at radius 1 is 1.08 bits per heavy atom. The molecule has 0 aliphatic rings. The molecule has 8 heteroatoms. The number of carbonyl (C=O) groups is 1. The predicted molar refractivity (Wildman–Crippen MR) is 97.9 cm³/mol. The van der Waals surface area contributed by atoms with Gasteiger partial charge in [0.15, 0.2) is 10.4 Å². The molecule has 0 bridgehead atoms. The normalized spacial score (nSPS) is 10.6. The van der Waals surface area contributed by atoms with E-state index in [9.17, 15) is 4.79 Å². The molecule has 26 heavy (non-hydrogen) atoms. The molecule has 0 fully saturated rings. The first-order valence-electron chi connectivity index (χ1n) is 7.57. The van der Waals surface area contributed by atoms with Crippen LogP contribution in [0.15, 0.2) is 63.7 Å². The highest BCUT2D eigenvalue weighted by molar-refractivity contribution is 9.10. The molecule has 7 nitrogen and oxygen atoms in total. The summed E-state index contributed by atoms with van der Waals surface area (Å²) in [6.45, 7) is 0. The number of hydrogen-bond donors (Lipinski definition) is 1. The SMILES string of the molecule is N#Cc1ccc(-n2nc3ccc(NC(=O)c4ccc(Br)o4)cc3n2)cc1. The summed E-state index contributed by atoms with van der Waals surface area (Å²) in [5.74, 6) is -0.146. The molecule has 126 valence electrons. The predicted octanol–water partition coefficient (Wildman–Crippen LogP) is 3.90. The molecule has 2 aromatic carbocycles. The zero-order valence-electron chi connectivity index (χ0n) is 13.2. The molecule has 4 rings (SSSR count). The number of halogens is 1. The van der Waals surface area contributed by atoms with Crippen molar-refractivity contribution in [2.75, 3.05) is 5.32 Å². The first-order chi connectivity index (χ1) is 12.6. The van der Waals surface area contributed by atoms with Crippen molar-refractivity contribution in [3.63, 3.8) is 0 Å². The van der Waals surface area contributed by atoms with Crippen LogP contribution in [0.2, 0.25) is 0 Å². The van der Waals surface area contributed by atoms with Gasteiger partial charge in [0.05, 0.1) is 17.3 Å². The molecule has 0 saturated heterocycles. The molecule has 0 radical (unpaired) electrons. The molecule has 0 unspecified atom stereocenters. The second kappa shape index (κ2) is 6.46. The Morgan fingerprint density at radius 2 is 1.85 bits per heavy atom. The van der Waals surface area contributed by atoms with Gasteiger partial charge in [-0.25, -0.2) is 0 Å². The third kappa shape index (κ3) is 3.08. The van der Waals surface area contributed by atoms with Gasteiger partial charge in [-0.3, -0.25) is 4.79 Å². The lowest BCUT2D eigenvalue weighted by molar-refractivity contribution is 0.0995. The van der Waals surface area contributed by atoms with Crippen molar-refractivity contribution < 1.29 is 9.21 Å². The van der Waals surface area contributed by atoms with Crippen molar-refractivity contribution in [2.45, 2.75) is 0 Å². The highest BCUT2D eigenvalue weighted by atomic mass is 79.9. The quantitative estimate of drug-likeness (QED) is 0.555. The third-order valence-corrected chi connectivity index (χ3v) is 4.09. The maximum absolute atomic E-state index is 12.2. The van der Waals surface area contributed by atoms with Gasteiger partial charge in [-0.05, 0) is 70.5 Å². The van der Waals surface area contributed by atoms with Gasteiger partial charge in [0, 0.05) is 5.69 Å². The zero-order chi connectivity index (χ0) is 18.1. The van der Waals surface area contributed by atoms with E-state index in [1.54, 1.807) is 54.6 Å². The van der Waals surface area contributed by atoms with Crippen LogP contribution in [0, 0.1) is 11.3 Å². The maximum Gasteiger partial charge on any atom is 0.291 e. The average Bonchev–Trinajstić information content (AvgIpc) is 3.27. The molecule has 0 aliphatic heterocycles. The lowest BCUT2D eigenvalue weighted by atomic mass is 10.2. The van der Waals surface area contributed by atoms with E-state index in [1.165, 1.54) is 4.80 Å². The van der Waals surface area contributed by atoms with Gasteiger partial charge in [0.25, 0.3) is 5.91 Å². The Kier molecular flexibility index (Phi) is 3.99. The van der Waals surface area contributed by atoms with Gasteiger partial charge in [0.2, 0.25) is 0 Å². The molecule has 4 aromatic rings. The molecule has 2 heterocycles. The van der Waals surface area contributed by atoms with Crippen LogP contribution in [0.3, 0.4) is 0 Å². The van der Waals surface area contributed by atoms with E-state index in [4.69, 9.17) is 9.68 Å². The van der Waals surface area contributed by atoms with Crippen LogP contribution in [0.25, 0.3) is 16.7 Å². The van der Waals surface area contributed by atoms with Crippen LogP contribution in [0.1, 0.15) is 16.1 Å². The largest absolute Gasteiger partial charge is 0.444 e. The number of aromatic nitrogens is 3. The van der Waals surface area contributed by atoms with Crippen LogP contribution in [0.4, 0.5) is 5.69 Å². The van der Waals surface area contributed by atoms with Crippen molar-refractivity contribution >= 4 is 38.6 Å². The van der Waals surface area contributed by atoms with Gasteiger partial charge < -0.3 is 9.73 Å². The van der Waals surface area contributed by atoms with Gasteiger partial charge in [-0.15, -0.1) is 10.2 Å². The number of carbonyl (C=O) groups excluding carboxylic acids is 1. The Bertz CT molecular complexity index is 1150. The van der Waals surface area contributed by atoms with Crippen LogP contribution >= 0.6 is 15.9 Å². The van der Waals surface area contributed by atoms with Crippen molar-refractivity contribution in [1.29, 1.82) is 5.26 Å². The monoisotopic (exact) mass is 407 g/mol. The molecule has 0 aliphatic carbocycles. The van der Waals surface area contributed by atoms with Crippen LogP contribution in [-0.4, -0.2) is 20.9 Å². The summed E-state index contributed by atoms with van der Waals surface area (Å²) in [5, 5.41) is 20.5. The first kappa shape index (κ1) is 16.1. The summed E-state index contributed by atoms with van der Waals surface area (Å²) in [4.78, 5) is 13.6. The van der Waals surface area contributed by atoms with Gasteiger partial charge in [-0.1, -0.05) is 0 Å². The minimum absolute atomic E-state index is 0.207. The molecular formula is C18H10BrN5O2. The van der Waals surface area contributed by atoms with E-state index in [0.717, 1.165) is 5.69 Å². The Hall–Kier alpha value is -3.44. The van der Waals surface area contributed by atoms with E-state index < -0.39 is 0 Å². The zero-order valence-corrected chi connectivity index (χ0v) is 14.8. The number of nitriles is 1. The summed E-state index contributed by atoms with van der Waals surface area (Å²) in [7, 11) is 0. The van der Waals surface area contributed by atoms with E-state index in [1.807, 2.05) is 0 Å². The molecule has 0 atom stereocenters. The minimum Gasteiger partial charge on any atom is -0.444 e. The number of fused-ring (bicyclic) bond motifs is 1. The van der Waals surface area contributed by atoms with Crippen LogP contribution < -0.4 is 5.32 Å². The van der Waals surface area contributed by atoms with Crippen molar-refractivity contribution in [3.8, 4) is 11.8 Å². The lowest BCUT2D eigenvalue weighted by Crippen LogP contribution is -2.10. The number of nitrogens with one attached hydrogen (secondary N) is 1. The number of anilines is 1. The fourth-order valence-electron chi connectivity index (χ4n) is 2.41. The Labute approximate surface area is 156 Å². The molecule has 2 aromatic heterocycles. The summed E-state index contributed by atoms with van der Waals surface area (Å²) in [6, 6.07) is 17.5. The molecule has 0 saturated carbocycles. The number of amides is 1. The van der Waals surface area contributed by atoms with Gasteiger partial charge in [-0.2, -0.15) is 10.1 Å². The number of nitrogens with zero attached hydrogens (tertiary/aromatic N) is 4. The summed E-state index contributed by atoms with van der Waals surface area (Å²) in [6.07, 6.45) is 0. The number of hydrogen-bond acceptors (Lipinski definition) is 5. The van der Waals surface area contributed by atoms with Gasteiger partial charge >= 0.3 is 0 Å². The summed E-state index contributed by atoms with van der Waals surface area (Å²) < 4.78 is 5.72. The number of rotatable bonds is 3. The molecular weight excluding hydrogens is 398 g/mol. The lowest BCUT2D eigenvalue weighted by Gasteiger charge is -2.02. The highest BCUT2D eigenvalue weighted by Crippen LogP contribution is 2.20. The Morgan fingerprint density at radius 3 is 2.54 bits per heavy atom. The van der Waals surface area contributed by atoms with Crippen LogP contribution in [0.5, 0.6) is 0 Å². The van der Waals surface area contributed by atoms with Gasteiger partial charge in [0.1, 0.15) is 11.0 Å². The van der Waals surface area contributed by atoms with E-state index in [-0.39, 0.29) is 11.7 Å². The number of benzene rings is 2. The smallest absolute Gasteiger partial charge is 0.291 e. The molecule has 0 spiro atoms. The number of furan rings is 1. The van der Waals surface area contributed by atoms with E-state index >= 15 is 0 Å². The Balaban J connectivity index is 1.61. The first-order valence-corrected chi connectivity index (χ1v) is 8.36. The standard InChI is InChI=1S/C18H10BrN5O2/c19-17-8-7-16(26-17)18(25)21-12-3-6-14-15(9-12)23-24(22-14)13-4-1-11(10-20)2-5-13/h1-9H,(H,21,25). The topological polar surface area (TPSA) is 96.7 Å². The molecule has 1 amide bonds. The van der Waals surface area contributed by atoms with Crippen molar-refractivity contribution in [1.82, 2.24) is 15.0 Å². The van der Waals surface area contributed by atoms with Crippen molar-refractivity contribution in [3.05, 3.63) is 70.6 Å². The molecule has 1 N–H and O–H groups in total. The summed E-state index contributed by atoms with van der Waals surface area (Å²) >= 11 is 3.17. The second-order valence-corrected chi connectivity index (χ2v) is 6.19. The van der Waals surface area contributed by atoms with Crippen molar-refractivity contribution in [2.24, 2.45) is 0 Å². The van der Waals surface area contributed by atoms with Crippen LogP contribution in [-0.2, 0) is 0 Å². The summed E-state index contributed by atoms with van der Waals surface area (Å²) in [5.41, 5.74) is 3.22. The highest BCUT2D eigenvalue weighted by Gasteiger charge is 2.12. The third-order valence-electron chi connectivity index (χ3n) is 3.66. The fourth-order valence-corrected chi connectivity index (χ4v) is 2.71. The fraction of sp³-hybridized carbons (Fsp3) is 0. The van der Waals surface area contributed by atoms with E-state index in [0.29, 0.717) is 27.0 Å².